The lowest BCUT2D eigenvalue weighted by molar-refractivity contribution is 0.482. The first-order valence-electron chi connectivity index (χ1n) is 9.27. The topological polar surface area (TPSA) is 78.1 Å². The fourth-order valence-corrected chi connectivity index (χ4v) is 3.91. The van der Waals surface area contributed by atoms with Gasteiger partial charge in [-0.2, -0.15) is 0 Å². The van der Waals surface area contributed by atoms with Gasteiger partial charge in [-0.25, -0.2) is 0 Å². The summed E-state index contributed by atoms with van der Waals surface area (Å²) in [6.07, 6.45) is 3.13. The summed E-state index contributed by atoms with van der Waals surface area (Å²) in [5.41, 5.74) is -1.52. The van der Waals surface area contributed by atoms with Gasteiger partial charge in [0.2, 0.25) is 0 Å². The number of aromatic nitrogens is 2. The van der Waals surface area contributed by atoms with Gasteiger partial charge in [0, 0.05) is 12.1 Å². The van der Waals surface area contributed by atoms with Crippen molar-refractivity contribution in [3.63, 3.8) is 0 Å². The monoisotopic (exact) mass is 356 g/mol. The fraction of sp³-hybridized carbons (Fsp3) is 0.500. The minimum absolute atomic E-state index is 0.213. The van der Waals surface area contributed by atoms with Crippen LogP contribution in [0, 0.1) is 0 Å². The van der Waals surface area contributed by atoms with Gasteiger partial charge >= 0.3 is 0 Å². The molecule has 0 radical (unpaired) electrons. The lowest BCUT2D eigenvalue weighted by atomic mass is 10.1. The van der Waals surface area contributed by atoms with Crippen LogP contribution in [0.3, 0.4) is 0 Å². The maximum absolute atomic E-state index is 12.7. The minimum atomic E-state index is -0.381. The van der Waals surface area contributed by atoms with Crippen LogP contribution in [0.4, 0.5) is 0 Å². The van der Waals surface area contributed by atoms with Crippen molar-refractivity contribution < 1.29 is 0 Å². The molecule has 0 saturated heterocycles. The summed E-state index contributed by atoms with van der Waals surface area (Å²) in [5.74, 6) is 0. The first kappa shape index (κ1) is 18.3. The summed E-state index contributed by atoms with van der Waals surface area (Å²) in [6.45, 7) is 7.66. The first-order valence-corrected chi connectivity index (χ1v) is 9.27. The van der Waals surface area contributed by atoms with Crippen molar-refractivity contribution in [1.29, 1.82) is 0 Å². The molecule has 0 aliphatic heterocycles. The smallest absolute Gasteiger partial charge is 0.261 e. The molecule has 3 aromatic rings. The predicted octanol–water partition coefficient (Wildman–Crippen LogP) is 2.63. The quantitative estimate of drug-likeness (QED) is 0.680. The zero-order valence-electron chi connectivity index (χ0n) is 15.7. The van der Waals surface area contributed by atoms with Crippen LogP contribution in [-0.4, -0.2) is 9.13 Å². The lowest BCUT2D eigenvalue weighted by Gasteiger charge is -2.09. The molecule has 3 rings (SSSR count). The van der Waals surface area contributed by atoms with Gasteiger partial charge in [0.05, 0.1) is 21.5 Å². The number of nitrogens with zero attached hydrogens (tertiary/aromatic N) is 2. The summed E-state index contributed by atoms with van der Waals surface area (Å²) < 4.78 is 2.49. The van der Waals surface area contributed by atoms with Crippen LogP contribution in [0.15, 0.2) is 31.3 Å². The van der Waals surface area contributed by atoms with E-state index in [0.717, 1.165) is 12.8 Å². The molecule has 2 atom stereocenters. The highest BCUT2D eigenvalue weighted by Crippen LogP contribution is 2.19. The van der Waals surface area contributed by atoms with Gasteiger partial charge in [-0.15, -0.1) is 0 Å². The zero-order chi connectivity index (χ0) is 19.2. The maximum Gasteiger partial charge on any atom is 0.261 e. The Kier molecular flexibility index (Phi) is 4.69. The SMILES string of the molecule is CCC[C@@H](C)n1c(=O)c2cc3c(=O)n([C@@H](C)CCC)c(=O)c3cc2c1=O. The second-order valence-electron chi connectivity index (χ2n) is 7.18. The van der Waals surface area contributed by atoms with E-state index in [-0.39, 0.29) is 55.9 Å². The van der Waals surface area contributed by atoms with Crippen LogP contribution in [0.5, 0.6) is 0 Å². The van der Waals surface area contributed by atoms with E-state index in [1.807, 2.05) is 27.7 Å². The highest BCUT2D eigenvalue weighted by molar-refractivity contribution is 5.97. The van der Waals surface area contributed by atoms with E-state index in [1.54, 1.807) is 0 Å². The van der Waals surface area contributed by atoms with E-state index in [0.29, 0.717) is 12.8 Å². The Bertz CT molecular complexity index is 1010. The molecule has 138 valence electrons. The number of hydrogen-bond donors (Lipinski definition) is 0. The molecule has 0 aliphatic rings. The Labute approximate surface area is 150 Å². The molecular formula is C20H24N2O4. The van der Waals surface area contributed by atoms with Gasteiger partial charge in [0.25, 0.3) is 22.2 Å². The van der Waals surface area contributed by atoms with Crippen LogP contribution >= 0.6 is 0 Å². The summed E-state index contributed by atoms with van der Waals surface area (Å²) in [7, 11) is 0. The van der Waals surface area contributed by atoms with E-state index < -0.39 is 0 Å². The molecule has 6 nitrogen and oxygen atoms in total. The van der Waals surface area contributed by atoms with Crippen LogP contribution in [-0.2, 0) is 0 Å². The molecule has 6 heteroatoms. The van der Waals surface area contributed by atoms with E-state index in [1.165, 1.54) is 21.3 Å². The molecule has 0 aliphatic carbocycles. The standard InChI is InChI=1S/C20H24N2O4/c1-5-7-11(3)21-17(23)13-9-15-16(10-14(13)18(21)24)20(26)22(19(15)25)12(4)8-6-2/h9-12H,5-8H2,1-4H3/t11-,12+. The molecule has 0 fully saturated rings. The van der Waals surface area contributed by atoms with E-state index >= 15 is 0 Å². The highest BCUT2D eigenvalue weighted by Gasteiger charge is 2.22. The Balaban J connectivity index is 2.35. The van der Waals surface area contributed by atoms with Crippen molar-refractivity contribution in [2.75, 3.05) is 0 Å². The number of benzene rings is 1. The largest absolute Gasteiger partial charge is 0.272 e. The molecule has 26 heavy (non-hydrogen) atoms. The van der Waals surface area contributed by atoms with Crippen LogP contribution in [0.1, 0.15) is 65.5 Å². The third-order valence-corrected chi connectivity index (χ3v) is 5.25. The third-order valence-electron chi connectivity index (χ3n) is 5.25. The zero-order valence-corrected chi connectivity index (χ0v) is 15.7. The predicted molar refractivity (Wildman–Crippen MR) is 104 cm³/mol. The second-order valence-corrected chi connectivity index (χ2v) is 7.18. The van der Waals surface area contributed by atoms with Crippen molar-refractivity contribution in [3.8, 4) is 0 Å². The van der Waals surface area contributed by atoms with Crippen molar-refractivity contribution in [3.05, 3.63) is 53.5 Å². The normalized spacial score (nSPS) is 14.3. The molecule has 2 aromatic heterocycles. The first-order chi connectivity index (χ1) is 12.3. The molecule has 2 heterocycles. The molecule has 1 aromatic carbocycles. The molecule has 0 spiro atoms. The van der Waals surface area contributed by atoms with Crippen molar-refractivity contribution in [2.24, 2.45) is 0 Å². The van der Waals surface area contributed by atoms with E-state index in [9.17, 15) is 19.2 Å². The highest BCUT2D eigenvalue weighted by atomic mass is 16.2. The van der Waals surface area contributed by atoms with Crippen LogP contribution in [0.2, 0.25) is 0 Å². The van der Waals surface area contributed by atoms with Crippen LogP contribution < -0.4 is 22.2 Å². The average Bonchev–Trinajstić information content (AvgIpc) is 2.98. The van der Waals surface area contributed by atoms with Crippen LogP contribution in [0.25, 0.3) is 21.5 Å². The molecule has 0 bridgehead atoms. The molecule has 0 unspecified atom stereocenters. The third kappa shape index (κ3) is 2.55. The molecular weight excluding hydrogens is 332 g/mol. The molecule has 0 amide bonds. The van der Waals surface area contributed by atoms with E-state index in [2.05, 4.69) is 0 Å². The lowest BCUT2D eigenvalue weighted by Crippen LogP contribution is -2.29. The number of fused-ring (bicyclic) bond motifs is 2. The molecule has 0 N–H and O–H groups in total. The Hall–Kier alpha value is -2.50. The summed E-state index contributed by atoms with van der Waals surface area (Å²) in [6, 6.07) is 2.44. The summed E-state index contributed by atoms with van der Waals surface area (Å²) in [5, 5.41) is 0.899. The Morgan fingerprint density at radius 1 is 0.654 bits per heavy atom. The second kappa shape index (κ2) is 6.67. The summed E-state index contributed by atoms with van der Waals surface area (Å²) in [4.78, 5) is 50.9. The van der Waals surface area contributed by atoms with Gasteiger partial charge in [-0.1, -0.05) is 26.7 Å². The number of hydrogen-bond acceptors (Lipinski definition) is 4. The number of rotatable bonds is 6. The van der Waals surface area contributed by atoms with Crippen molar-refractivity contribution >= 4 is 21.5 Å². The Morgan fingerprint density at radius 2 is 0.923 bits per heavy atom. The minimum Gasteiger partial charge on any atom is -0.272 e. The average molecular weight is 356 g/mol. The van der Waals surface area contributed by atoms with Gasteiger partial charge in [0.15, 0.2) is 0 Å². The van der Waals surface area contributed by atoms with Crippen molar-refractivity contribution in [1.82, 2.24) is 9.13 Å². The Morgan fingerprint density at radius 3 is 1.15 bits per heavy atom. The van der Waals surface area contributed by atoms with Gasteiger partial charge in [-0.3, -0.25) is 28.3 Å². The van der Waals surface area contributed by atoms with Gasteiger partial charge < -0.3 is 0 Å². The summed E-state index contributed by atoms with van der Waals surface area (Å²) >= 11 is 0. The van der Waals surface area contributed by atoms with Gasteiger partial charge in [0.1, 0.15) is 0 Å². The fourth-order valence-electron chi connectivity index (χ4n) is 3.91. The maximum atomic E-state index is 12.7. The van der Waals surface area contributed by atoms with Crippen molar-refractivity contribution in [2.45, 2.75) is 65.5 Å². The van der Waals surface area contributed by atoms with E-state index in [4.69, 9.17) is 0 Å². The van der Waals surface area contributed by atoms with Gasteiger partial charge in [-0.05, 0) is 38.8 Å². The molecule has 0 saturated carbocycles.